The predicted octanol–water partition coefficient (Wildman–Crippen LogP) is 0.885. The molecule has 2 saturated heterocycles. The first-order chi connectivity index (χ1) is 6.11. The van der Waals surface area contributed by atoms with Crippen molar-refractivity contribution >= 4 is 23.5 Å². The standard InChI is InChI=1S/C9H13NO2S/c1-5-3-8-10(9(5)12)7(4-13-8)6(2)11/h5,7-8H,3-4H2,1-2H3/t5-,7-,8?/m1/s1. The maximum atomic E-state index is 11.7. The van der Waals surface area contributed by atoms with Crippen molar-refractivity contribution in [3.8, 4) is 0 Å². The molecule has 0 saturated carbocycles. The number of thioether (sulfide) groups is 1. The molecule has 0 aromatic heterocycles. The van der Waals surface area contributed by atoms with Crippen LogP contribution in [-0.2, 0) is 9.59 Å². The van der Waals surface area contributed by atoms with E-state index in [9.17, 15) is 9.59 Å². The van der Waals surface area contributed by atoms with Crippen LogP contribution >= 0.6 is 11.8 Å². The minimum Gasteiger partial charge on any atom is -0.320 e. The van der Waals surface area contributed by atoms with Crippen molar-refractivity contribution in [3.05, 3.63) is 0 Å². The Labute approximate surface area is 81.9 Å². The van der Waals surface area contributed by atoms with Crippen LogP contribution in [0, 0.1) is 5.92 Å². The second-order valence-electron chi connectivity index (χ2n) is 3.80. The van der Waals surface area contributed by atoms with Crippen LogP contribution in [0.2, 0.25) is 0 Å². The Hall–Kier alpha value is -0.510. The molecule has 13 heavy (non-hydrogen) atoms. The Kier molecular flexibility index (Phi) is 2.10. The molecular weight excluding hydrogens is 186 g/mol. The van der Waals surface area contributed by atoms with Gasteiger partial charge in [-0.1, -0.05) is 6.92 Å². The molecule has 2 aliphatic heterocycles. The lowest BCUT2D eigenvalue weighted by molar-refractivity contribution is -0.136. The number of carbonyl (C=O) groups excluding carboxylic acids is 2. The Bertz CT molecular complexity index is 266. The smallest absolute Gasteiger partial charge is 0.227 e. The van der Waals surface area contributed by atoms with Crippen molar-refractivity contribution in [1.29, 1.82) is 0 Å². The van der Waals surface area contributed by atoms with Crippen LogP contribution < -0.4 is 0 Å². The summed E-state index contributed by atoms with van der Waals surface area (Å²) >= 11 is 1.74. The largest absolute Gasteiger partial charge is 0.320 e. The van der Waals surface area contributed by atoms with E-state index in [-0.39, 0.29) is 29.0 Å². The summed E-state index contributed by atoms with van der Waals surface area (Å²) in [6.07, 6.45) is 0.910. The molecule has 2 aliphatic rings. The molecule has 2 rings (SSSR count). The van der Waals surface area contributed by atoms with Crippen LogP contribution in [0.4, 0.5) is 0 Å². The van der Waals surface area contributed by atoms with Crippen LogP contribution in [-0.4, -0.2) is 33.8 Å². The fourth-order valence-electron chi connectivity index (χ4n) is 2.01. The van der Waals surface area contributed by atoms with Gasteiger partial charge in [-0.3, -0.25) is 9.59 Å². The van der Waals surface area contributed by atoms with E-state index in [4.69, 9.17) is 0 Å². The van der Waals surface area contributed by atoms with E-state index in [1.54, 1.807) is 23.6 Å². The van der Waals surface area contributed by atoms with Crippen molar-refractivity contribution < 1.29 is 9.59 Å². The highest BCUT2D eigenvalue weighted by molar-refractivity contribution is 8.00. The second-order valence-corrected chi connectivity index (χ2v) is 5.01. The number of nitrogens with zero attached hydrogens (tertiary/aromatic N) is 1. The average Bonchev–Trinajstić information content (AvgIpc) is 2.55. The molecular formula is C9H13NO2S. The Morgan fingerprint density at radius 2 is 2.31 bits per heavy atom. The third-order valence-electron chi connectivity index (χ3n) is 2.79. The summed E-state index contributed by atoms with van der Waals surface area (Å²) in [7, 11) is 0. The quantitative estimate of drug-likeness (QED) is 0.629. The molecule has 4 heteroatoms. The molecule has 0 aliphatic carbocycles. The fraction of sp³-hybridized carbons (Fsp3) is 0.778. The number of amides is 1. The molecule has 72 valence electrons. The third kappa shape index (κ3) is 1.27. The summed E-state index contributed by atoms with van der Waals surface area (Å²) in [6.45, 7) is 3.52. The van der Waals surface area contributed by atoms with Gasteiger partial charge in [0.05, 0.1) is 5.37 Å². The van der Waals surface area contributed by atoms with Gasteiger partial charge in [0, 0.05) is 11.7 Å². The first-order valence-electron chi connectivity index (χ1n) is 4.55. The maximum absolute atomic E-state index is 11.7. The van der Waals surface area contributed by atoms with Crippen molar-refractivity contribution in [2.24, 2.45) is 5.92 Å². The number of hydrogen-bond acceptors (Lipinski definition) is 3. The second kappa shape index (κ2) is 3.01. The highest BCUT2D eigenvalue weighted by Crippen LogP contribution is 2.40. The van der Waals surface area contributed by atoms with E-state index in [0.29, 0.717) is 0 Å². The van der Waals surface area contributed by atoms with E-state index in [1.807, 2.05) is 6.92 Å². The predicted molar refractivity (Wildman–Crippen MR) is 51.3 cm³/mol. The molecule has 0 bridgehead atoms. The van der Waals surface area contributed by atoms with Gasteiger partial charge in [0.25, 0.3) is 0 Å². The first-order valence-corrected chi connectivity index (χ1v) is 5.60. The fourth-order valence-corrected chi connectivity index (χ4v) is 3.65. The highest BCUT2D eigenvalue weighted by Gasteiger charge is 2.46. The van der Waals surface area contributed by atoms with Gasteiger partial charge < -0.3 is 4.90 Å². The van der Waals surface area contributed by atoms with Gasteiger partial charge in [0.1, 0.15) is 6.04 Å². The monoisotopic (exact) mass is 199 g/mol. The summed E-state index contributed by atoms with van der Waals surface area (Å²) in [4.78, 5) is 24.7. The summed E-state index contributed by atoms with van der Waals surface area (Å²) in [6, 6.07) is -0.146. The van der Waals surface area contributed by atoms with Crippen molar-refractivity contribution in [3.63, 3.8) is 0 Å². The average molecular weight is 199 g/mol. The van der Waals surface area contributed by atoms with Gasteiger partial charge in [0.15, 0.2) is 5.78 Å². The summed E-state index contributed by atoms with van der Waals surface area (Å²) in [5.41, 5.74) is 0. The van der Waals surface area contributed by atoms with Gasteiger partial charge in [-0.25, -0.2) is 0 Å². The van der Waals surface area contributed by atoms with E-state index in [0.717, 1.165) is 12.2 Å². The first kappa shape index (κ1) is 9.06. The molecule has 0 aromatic rings. The highest BCUT2D eigenvalue weighted by atomic mass is 32.2. The van der Waals surface area contributed by atoms with Gasteiger partial charge in [-0.2, -0.15) is 0 Å². The van der Waals surface area contributed by atoms with Crippen LogP contribution in [0.5, 0.6) is 0 Å². The zero-order valence-electron chi connectivity index (χ0n) is 7.82. The molecule has 3 nitrogen and oxygen atoms in total. The number of ketones is 1. The molecule has 0 N–H and O–H groups in total. The third-order valence-corrected chi connectivity index (χ3v) is 4.11. The number of rotatable bonds is 1. The summed E-state index contributed by atoms with van der Waals surface area (Å²) < 4.78 is 0. The van der Waals surface area contributed by atoms with E-state index in [1.165, 1.54) is 0 Å². The number of Topliss-reactive ketones (excluding diaryl/α,β-unsaturated/α-hetero) is 1. The van der Waals surface area contributed by atoms with Crippen molar-refractivity contribution in [2.45, 2.75) is 31.7 Å². The number of fused-ring (bicyclic) bond motifs is 1. The lowest BCUT2D eigenvalue weighted by Crippen LogP contribution is -2.41. The van der Waals surface area contributed by atoms with Gasteiger partial charge >= 0.3 is 0 Å². The molecule has 1 amide bonds. The topological polar surface area (TPSA) is 37.4 Å². The molecule has 1 unspecified atom stereocenters. The molecule has 0 aromatic carbocycles. The van der Waals surface area contributed by atoms with Crippen molar-refractivity contribution in [1.82, 2.24) is 4.90 Å². The number of carbonyl (C=O) groups is 2. The number of hydrogen-bond donors (Lipinski definition) is 0. The van der Waals surface area contributed by atoms with Gasteiger partial charge in [-0.15, -0.1) is 11.8 Å². The molecule has 3 atom stereocenters. The Morgan fingerprint density at radius 3 is 2.92 bits per heavy atom. The normalized spacial score (nSPS) is 38.2. The summed E-state index contributed by atoms with van der Waals surface area (Å²) in [5, 5.41) is 0.274. The zero-order valence-corrected chi connectivity index (χ0v) is 8.63. The molecule has 2 heterocycles. The van der Waals surface area contributed by atoms with Crippen LogP contribution in [0.15, 0.2) is 0 Å². The van der Waals surface area contributed by atoms with Crippen LogP contribution in [0.3, 0.4) is 0 Å². The van der Waals surface area contributed by atoms with Crippen molar-refractivity contribution in [2.75, 3.05) is 5.75 Å². The Balaban J connectivity index is 2.21. The van der Waals surface area contributed by atoms with Crippen LogP contribution in [0.25, 0.3) is 0 Å². The minimum atomic E-state index is -0.146. The maximum Gasteiger partial charge on any atom is 0.227 e. The van der Waals surface area contributed by atoms with E-state index < -0.39 is 0 Å². The van der Waals surface area contributed by atoms with Gasteiger partial charge in [0.2, 0.25) is 5.91 Å². The van der Waals surface area contributed by atoms with Crippen LogP contribution in [0.1, 0.15) is 20.3 Å². The SMILES string of the molecule is CC(=O)[C@H]1CSC2C[C@@H](C)C(=O)N21. The lowest BCUT2D eigenvalue weighted by Gasteiger charge is -2.20. The van der Waals surface area contributed by atoms with Gasteiger partial charge in [-0.05, 0) is 13.3 Å². The van der Waals surface area contributed by atoms with E-state index in [2.05, 4.69) is 0 Å². The Morgan fingerprint density at radius 1 is 1.62 bits per heavy atom. The lowest BCUT2D eigenvalue weighted by atomic mass is 10.1. The zero-order chi connectivity index (χ0) is 9.59. The minimum absolute atomic E-state index is 0.111. The summed E-state index contributed by atoms with van der Waals surface area (Å²) in [5.74, 6) is 1.19. The van der Waals surface area contributed by atoms with E-state index >= 15 is 0 Å². The molecule has 2 fully saturated rings. The molecule has 0 spiro atoms. The molecule has 0 radical (unpaired) electrons.